The highest BCUT2D eigenvalue weighted by atomic mass is 19.1. The van der Waals surface area contributed by atoms with E-state index in [2.05, 4.69) is 5.32 Å². The zero-order valence-corrected chi connectivity index (χ0v) is 12.8. The summed E-state index contributed by atoms with van der Waals surface area (Å²) < 4.78 is 25.2. The van der Waals surface area contributed by atoms with Gasteiger partial charge in [0.1, 0.15) is 5.67 Å². The number of nitrogens with one attached hydrogen (secondary N) is 1. The number of methoxy groups -OCH3 is 2. The quantitative estimate of drug-likeness (QED) is 0.918. The maximum atomic E-state index is 14.3. The Morgan fingerprint density at radius 2 is 2.00 bits per heavy atom. The molecule has 20 heavy (non-hydrogen) atoms. The van der Waals surface area contributed by atoms with E-state index in [4.69, 9.17) is 9.47 Å². The number of ether oxygens (including phenoxy) is 2. The fourth-order valence-corrected chi connectivity index (χ4v) is 2.76. The van der Waals surface area contributed by atoms with Crippen LogP contribution in [0.5, 0.6) is 11.5 Å². The second kappa shape index (κ2) is 6.00. The molecule has 0 aliphatic carbocycles. The molecule has 3 nitrogen and oxygen atoms in total. The third kappa shape index (κ3) is 3.06. The van der Waals surface area contributed by atoms with Gasteiger partial charge in [0.2, 0.25) is 0 Å². The summed E-state index contributed by atoms with van der Waals surface area (Å²) in [4.78, 5) is 0. The van der Waals surface area contributed by atoms with Crippen molar-refractivity contribution < 1.29 is 13.9 Å². The number of hydrogen-bond acceptors (Lipinski definition) is 3. The Bertz CT molecular complexity index is 462. The zero-order valence-electron chi connectivity index (χ0n) is 12.8. The smallest absolute Gasteiger partial charge is 0.164 e. The van der Waals surface area contributed by atoms with Crippen LogP contribution >= 0.6 is 0 Å². The first-order valence-electron chi connectivity index (χ1n) is 7.13. The first-order valence-corrected chi connectivity index (χ1v) is 7.13. The molecule has 0 bridgehead atoms. The maximum Gasteiger partial charge on any atom is 0.164 e. The summed E-state index contributed by atoms with van der Waals surface area (Å²) in [6.07, 6.45) is 2.21. The number of rotatable bonds is 4. The highest BCUT2D eigenvalue weighted by molar-refractivity contribution is 5.52. The standard InChI is InChI=1S/C16H24FNO2/c1-16(2,17)12-8-13(11-6-5-7-18-10-11)15(20-4)14(9-12)19-3/h8-9,11,18H,5-7,10H2,1-4H3. The minimum absolute atomic E-state index is 0.342. The van der Waals surface area contributed by atoms with Crippen molar-refractivity contribution in [3.05, 3.63) is 23.3 Å². The van der Waals surface area contributed by atoms with Gasteiger partial charge < -0.3 is 14.8 Å². The van der Waals surface area contributed by atoms with Crippen LogP contribution in [0.2, 0.25) is 0 Å². The maximum absolute atomic E-state index is 14.3. The van der Waals surface area contributed by atoms with E-state index in [1.807, 2.05) is 6.07 Å². The average Bonchev–Trinajstić information content (AvgIpc) is 2.45. The zero-order chi connectivity index (χ0) is 14.8. The minimum Gasteiger partial charge on any atom is -0.493 e. The summed E-state index contributed by atoms with van der Waals surface area (Å²) >= 11 is 0. The van der Waals surface area contributed by atoms with Crippen LogP contribution in [-0.4, -0.2) is 27.3 Å². The Labute approximate surface area is 120 Å². The third-order valence-corrected chi connectivity index (χ3v) is 3.93. The molecular weight excluding hydrogens is 257 g/mol. The van der Waals surface area contributed by atoms with E-state index < -0.39 is 5.67 Å². The Hall–Kier alpha value is -1.29. The summed E-state index contributed by atoms with van der Waals surface area (Å²) in [6, 6.07) is 3.66. The molecule has 1 aromatic rings. The van der Waals surface area contributed by atoms with Crippen molar-refractivity contribution in [2.75, 3.05) is 27.3 Å². The van der Waals surface area contributed by atoms with Gasteiger partial charge in [0.05, 0.1) is 14.2 Å². The van der Waals surface area contributed by atoms with Crippen molar-refractivity contribution in [2.45, 2.75) is 38.3 Å². The molecule has 0 aromatic heterocycles. The van der Waals surface area contributed by atoms with Crippen LogP contribution < -0.4 is 14.8 Å². The van der Waals surface area contributed by atoms with Crippen LogP contribution in [0, 0.1) is 0 Å². The number of piperidine rings is 1. The molecule has 1 aromatic carbocycles. The largest absolute Gasteiger partial charge is 0.493 e. The SMILES string of the molecule is COc1cc(C(C)(C)F)cc(C2CCCNC2)c1OC. The predicted molar refractivity (Wildman–Crippen MR) is 78.5 cm³/mol. The number of benzene rings is 1. The summed E-state index contributed by atoms with van der Waals surface area (Å²) in [5.74, 6) is 1.68. The van der Waals surface area contributed by atoms with E-state index in [9.17, 15) is 4.39 Å². The van der Waals surface area contributed by atoms with Gasteiger partial charge in [-0.1, -0.05) is 0 Å². The molecule has 1 fully saturated rings. The lowest BCUT2D eigenvalue weighted by Crippen LogP contribution is -2.29. The van der Waals surface area contributed by atoms with Gasteiger partial charge in [-0.05, 0) is 50.9 Å². The number of hydrogen-bond donors (Lipinski definition) is 1. The van der Waals surface area contributed by atoms with E-state index in [0.29, 0.717) is 17.2 Å². The van der Waals surface area contributed by atoms with Crippen molar-refractivity contribution in [1.29, 1.82) is 0 Å². The van der Waals surface area contributed by atoms with Crippen LogP contribution in [0.15, 0.2) is 12.1 Å². The summed E-state index contributed by atoms with van der Waals surface area (Å²) in [6.45, 7) is 5.08. The molecule has 112 valence electrons. The molecule has 2 rings (SSSR count). The van der Waals surface area contributed by atoms with Crippen LogP contribution in [-0.2, 0) is 5.67 Å². The second-order valence-electron chi connectivity index (χ2n) is 5.82. The van der Waals surface area contributed by atoms with Crippen LogP contribution in [0.1, 0.15) is 43.7 Å². The van der Waals surface area contributed by atoms with Crippen molar-refractivity contribution >= 4 is 0 Å². The van der Waals surface area contributed by atoms with E-state index in [1.165, 1.54) is 0 Å². The van der Waals surface area contributed by atoms with Gasteiger partial charge in [-0.15, -0.1) is 0 Å². The highest BCUT2D eigenvalue weighted by Gasteiger charge is 2.27. The fraction of sp³-hybridized carbons (Fsp3) is 0.625. The van der Waals surface area contributed by atoms with Crippen LogP contribution in [0.4, 0.5) is 4.39 Å². The van der Waals surface area contributed by atoms with E-state index >= 15 is 0 Å². The Balaban J connectivity index is 2.50. The van der Waals surface area contributed by atoms with Gasteiger partial charge in [0.25, 0.3) is 0 Å². The molecular formula is C16H24FNO2. The first kappa shape index (κ1) is 15.1. The van der Waals surface area contributed by atoms with Gasteiger partial charge in [-0.3, -0.25) is 0 Å². The van der Waals surface area contributed by atoms with Gasteiger partial charge in [-0.25, -0.2) is 4.39 Å². The third-order valence-electron chi connectivity index (χ3n) is 3.93. The number of halogens is 1. The van der Waals surface area contributed by atoms with Crippen molar-refractivity contribution in [1.82, 2.24) is 5.32 Å². The summed E-state index contributed by atoms with van der Waals surface area (Å²) in [5, 5.41) is 3.39. The van der Waals surface area contributed by atoms with Crippen molar-refractivity contribution in [3.63, 3.8) is 0 Å². The van der Waals surface area contributed by atoms with E-state index in [1.54, 1.807) is 34.1 Å². The highest BCUT2D eigenvalue weighted by Crippen LogP contribution is 2.42. The lowest BCUT2D eigenvalue weighted by atomic mass is 9.87. The summed E-state index contributed by atoms with van der Waals surface area (Å²) in [5.41, 5.74) is 0.284. The molecule has 0 saturated carbocycles. The molecule has 4 heteroatoms. The molecule has 1 aliphatic heterocycles. The topological polar surface area (TPSA) is 30.5 Å². The molecule has 0 amide bonds. The van der Waals surface area contributed by atoms with Gasteiger partial charge in [0, 0.05) is 18.0 Å². The monoisotopic (exact) mass is 281 g/mol. The lowest BCUT2D eigenvalue weighted by Gasteiger charge is -2.27. The molecule has 0 radical (unpaired) electrons. The van der Waals surface area contributed by atoms with E-state index in [-0.39, 0.29) is 0 Å². The number of alkyl halides is 1. The van der Waals surface area contributed by atoms with Crippen molar-refractivity contribution in [3.8, 4) is 11.5 Å². The molecule has 1 aliphatic rings. The molecule has 1 saturated heterocycles. The minimum atomic E-state index is -1.39. The molecule has 1 heterocycles. The molecule has 1 N–H and O–H groups in total. The normalized spacial score (nSPS) is 19.8. The average molecular weight is 281 g/mol. The Kier molecular flexibility index (Phi) is 4.53. The lowest BCUT2D eigenvalue weighted by molar-refractivity contribution is 0.219. The van der Waals surface area contributed by atoms with Crippen LogP contribution in [0.25, 0.3) is 0 Å². The summed E-state index contributed by atoms with van der Waals surface area (Å²) in [7, 11) is 3.23. The Morgan fingerprint density at radius 1 is 1.25 bits per heavy atom. The van der Waals surface area contributed by atoms with Crippen LogP contribution in [0.3, 0.4) is 0 Å². The first-order chi connectivity index (χ1) is 9.47. The molecule has 1 unspecified atom stereocenters. The predicted octanol–water partition coefficient (Wildman–Crippen LogP) is 3.38. The molecule has 0 spiro atoms. The van der Waals surface area contributed by atoms with Gasteiger partial charge >= 0.3 is 0 Å². The van der Waals surface area contributed by atoms with Crippen molar-refractivity contribution in [2.24, 2.45) is 0 Å². The fourth-order valence-electron chi connectivity index (χ4n) is 2.76. The van der Waals surface area contributed by atoms with Gasteiger partial charge in [0.15, 0.2) is 11.5 Å². The van der Waals surface area contributed by atoms with E-state index in [0.717, 1.165) is 37.2 Å². The van der Waals surface area contributed by atoms with Gasteiger partial charge in [-0.2, -0.15) is 0 Å². The Morgan fingerprint density at radius 3 is 2.50 bits per heavy atom. The molecule has 1 atom stereocenters. The second-order valence-corrected chi connectivity index (χ2v) is 5.82.